The molecule has 0 aromatic carbocycles. The molecule has 84 valence electrons. The van der Waals surface area contributed by atoms with Crippen molar-refractivity contribution in [3.05, 3.63) is 46.7 Å². The number of rotatable bonds is 5. The molecule has 4 heteroatoms. The highest BCUT2D eigenvalue weighted by molar-refractivity contribution is 7.07. The number of hydrogen-bond acceptors (Lipinski definition) is 4. The maximum Gasteiger partial charge on any atom is 0.115 e. The molecule has 16 heavy (non-hydrogen) atoms. The first kappa shape index (κ1) is 11.2. The van der Waals surface area contributed by atoms with Gasteiger partial charge in [-0.3, -0.25) is 0 Å². The van der Waals surface area contributed by atoms with Crippen molar-refractivity contribution >= 4 is 11.3 Å². The fourth-order valence-corrected chi connectivity index (χ4v) is 2.31. The van der Waals surface area contributed by atoms with Crippen LogP contribution in [0, 0.1) is 0 Å². The predicted octanol–water partition coefficient (Wildman–Crippen LogP) is 2.43. The van der Waals surface area contributed by atoms with Gasteiger partial charge < -0.3 is 5.32 Å². The van der Waals surface area contributed by atoms with Gasteiger partial charge in [-0.25, -0.2) is 9.97 Å². The topological polar surface area (TPSA) is 37.8 Å². The van der Waals surface area contributed by atoms with Crippen molar-refractivity contribution < 1.29 is 0 Å². The van der Waals surface area contributed by atoms with Crippen LogP contribution in [0.2, 0.25) is 0 Å². The van der Waals surface area contributed by atoms with Gasteiger partial charge in [0.2, 0.25) is 0 Å². The molecule has 2 heterocycles. The Labute approximate surface area is 99.6 Å². The first-order chi connectivity index (χ1) is 7.86. The van der Waals surface area contributed by atoms with Crippen molar-refractivity contribution in [2.24, 2.45) is 0 Å². The van der Waals surface area contributed by atoms with Crippen LogP contribution in [-0.4, -0.2) is 16.5 Å². The zero-order valence-electron chi connectivity index (χ0n) is 9.26. The van der Waals surface area contributed by atoms with Gasteiger partial charge in [-0.05, 0) is 28.3 Å². The second kappa shape index (κ2) is 5.72. The van der Waals surface area contributed by atoms with Crippen LogP contribution in [0.25, 0.3) is 0 Å². The highest BCUT2D eigenvalue weighted by Gasteiger charge is 2.04. The lowest BCUT2D eigenvalue weighted by Crippen LogP contribution is -2.19. The molecule has 0 saturated carbocycles. The summed E-state index contributed by atoms with van der Waals surface area (Å²) in [5, 5.41) is 7.74. The van der Waals surface area contributed by atoms with Gasteiger partial charge in [-0.2, -0.15) is 11.3 Å². The summed E-state index contributed by atoms with van der Waals surface area (Å²) in [5.74, 6) is 0.552. The standard InChI is InChI=1S/C12H15N3S/c1-10(12-2-3-16-8-12)4-13-5-11-6-14-9-15-7-11/h2-3,6-10,13H,4-5H2,1H3. The predicted molar refractivity (Wildman–Crippen MR) is 66.5 cm³/mol. The van der Waals surface area contributed by atoms with Gasteiger partial charge in [0.1, 0.15) is 6.33 Å². The molecule has 0 fully saturated rings. The minimum atomic E-state index is 0.552. The third-order valence-electron chi connectivity index (χ3n) is 2.51. The highest BCUT2D eigenvalue weighted by Crippen LogP contribution is 2.17. The van der Waals surface area contributed by atoms with Crippen LogP contribution in [0.1, 0.15) is 24.0 Å². The molecule has 3 nitrogen and oxygen atoms in total. The molecule has 0 aliphatic rings. The molecule has 1 atom stereocenters. The summed E-state index contributed by atoms with van der Waals surface area (Å²) >= 11 is 1.75. The minimum Gasteiger partial charge on any atom is -0.312 e. The smallest absolute Gasteiger partial charge is 0.115 e. The third-order valence-corrected chi connectivity index (χ3v) is 3.21. The summed E-state index contributed by atoms with van der Waals surface area (Å²) < 4.78 is 0. The molecule has 0 radical (unpaired) electrons. The van der Waals surface area contributed by atoms with E-state index >= 15 is 0 Å². The number of nitrogens with one attached hydrogen (secondary N) is 1. The van der Waals surface area contributed by atoms with E-state index in [1.807, 2.05) is 12.4 Å². The molecule has 0 saturated heterocycles. The second-order valence-electron chi connectivity index (χ2n) is 3.84. The van der Waals surface area contributed by atoms with Crippen molar-refractivity contribution in [2.45, 2.75) is 19.4 Å². The van der Waals surface area contributed by atoms with Gasteiger partial charge in [0, 0.05) is 31.0 Å². The van der Waals surface area contributed by atoms with Crippen LogP contribution >= 0.6 is 11.3 Å². The lowest BCUT2D eigenvalue weighted by molar-refractivity contribution is 0.614. The largest absolute Gasteiger partial charge is 0.312 e. The molecule has 2 aromatic heterocycles. The van der Waals surface area contributed by atoms with Crippen LogP contribution in [0.15, 0.2) is 35.5 Å². The van der Waals surface area contributed by atoms with Crippen molar-refractivity contribution in [2.75, 3.05) is 6.54 Å². The van der Waals surface area contributed by atoms with Crippen LogP contribution < -0.4 is 5.32 Å². The number of thiophene rings is 1. The Morgan fingerprint density at radius 1 is 1.38 bits per heavy atom. The third kappa shape index (κ3) is 3.12. The summed E-state index contributed by atoms with van der Waals surface area (Å²) in [7, 11) is 0. The van der Waals surface area contributed by atoms with E-state index in [2.05, 4.69) is 39.0 Å². The Kier molecular flexibility index (Phi) is 4.02. The van der Waals surface area contributed by atoms with E-state index < -0.39 is 0 Å². The Bertz CT molecular complexity index is 399. The van der Waals surface area contributed by atoms with E-state index in [0.29, 0.717) is 5.92 Å². The summed E-state index contributed by atoms with van der Waals surface area (Å²) in [4.78, 5) is 7.97. The van der Waals surface area contributed by atoms with Gasteiger partial charge in [-0.15, -0.1) is 0 Å². The number of aromatic nitrogens is 2. The number of nitrogens with zero attached hydrogens (tertiary/aromatic N) is 2. The Morgan fingerprint density at radius 2 is 2.19 bits per heavy atom. The SMILES string of the molecule is CC(CNCc1cncnc1)c1ccsc1. The molecule has 0 bridgehead atoms. The lowest BCUT2D eigenvalue weighted by Gasteiger charge is -2.10. The Hall–Kier alpha value is -1.26. The minimum absolute atomic E-state index is 0.552. The van der Waals surface area contributed by atoms with Crippen molar-refractivity contribution in [1.82, 2.24) is 15.3 Å². The second-order valence-corrected chi connectivity index (χ2v) is 4.62. The maximum absolute atomic E-state index is 3.98. The molecule has 0 aliphatic heterocycles. The fourth-order valence-electron chi connectivity index (χ4n) is 1.53. The van der Waals surface area contributed by atoms with E-state index in [-0.39, 0.29) is 0 Å². The molecule has 2 rings (SSSR count). The zero-order valence-corrected chi connectivity index (χ0v) is 10.1. The molecule has 0 spiro atoms. The average Bonchev–Trinajstić information content (AvgIpc) is 2.84. The monoisotopic (exact) mass is 233 g/mol. The normalized spacial score (nSPS) is 12.6. The summed E-state index contributed by atoms with van der Waals surface area (Å²) in [6, 6.07) is 2.18. The lowest BCUT2D eigenvalue weighted by atomic mass is 10.1. The van der Waals surface area contributed by atoms with Gasteiger partial charge in [0.25, 0.3) is 0 Å². The van der Waals surface area contributed by atoms with Crippen molar-refractivity contribution in [3.63, 3.8) is 0 Å². The summed E-state index contributed by atoms with van der Waals surface area (Å²) in [5.41, 5.74) is 2.53. The summed E-state index contributed by atoms with van der Waals surface area (Å²) in [6.45, 7) is 4.04. The maximum atomic E-state index is 3.98. The van der Waals surface area contributed by atoms with Crippen LogP contribution in [-0.2, 0) is 6.54 Å². The van der Waals surface area contributed by atoms with Crippen LogP contribution in [0.5, 0.6) is 0 Å². The molecule has 1 unspecified atom stereocenters. The summed E-state index contributed by atoms with van der Waals surface area (Å²) in [6.07, 6.45) is 5.24. The Morgan fingerprint density at radius 3 is 2.88 bits per heavy atom. The molecule has 0 amide bonds. The number of hydrogen-bond donors (Lipinski definition) is 1. The molecule has 0 aliphatic carbocycles. The van der Waals surface area contributed by atoms with Crippen LogP contribution in [0.3, 0.4) is 0 Å². The van der Waals surface area contributed by atoms with Gasteiger partial charge >= 0.3 is 0 Å². The van der Waals surface area contributed by atoms with Gasteiger partial charge in [0.15, 0.2) is 0 Å². The quantitative estimate of drug-likeness (QED) is 0.862. The molecular formula is C12H15N3S. The van der Waals surface area contributed by atoms with Gasteiger partial charge in [0.05, 0.1) is 0 Å². The van der Waals surface area contributed by atoms with E-state index in [0.717, 1.165) is 18.7 Å². The van der Waals surface area contributed by atoms with E-state index in [1.54, 1.807) is 17.7 Å². The van der Waals surface area contributed by atoms with E-state index in [1.165, 1.54) is 5.56 Å². The molecular weight excluding hydrogens is 218 g/mol. The Balaban J connectivity index is 1.76. The zero-order chi connectivity index (χ0) is 11.2. The average molecular weight is 233 g/mol. The van der Waals surface area contributed by atoms with Crippen molar-refractivity contribution in [1.29, 1.82) is 0 Å². The molecule has 2 aromatic rings. The fraction of sp³-hybridized carbons (Fsp3) is 0.333. The molecule has 1 N–H and O–H groups in total. The van der Waals surface area contributed by atoms with E-state index in [4.69, 9.17) is 0 Å². The van der Waals surface area contributed by atoms with E-state index in [9.17, 15) is 0 Å². The van der Waals surface area contributed by atoms with Crippen molar-refractivity contribution in [3.8, 4) is 0 Å². The van der Waals surface area contributed by atoms with Gasteiger partial charge in [-0.1, -0.05) is 6.92 Å². The first-order valence-electron chi connectivity index (χ1n) is 5.33. The first-order valence-corrected chi connectivity index (χ1v) is 6.27. The highest BCUT2D eigenvalue weighted by atomic mass is 32.1. The van der Waals surface area contributed by atoms with Crippen LogP contribution in [0.4, 0.5) is 0 Å².